The van der Waals surface area contributed by atoms with E-state index in [1.165, 1.54) is 0 Å². The van der Waals surface area contributed by atoms with Crippen LogP contribution in [-0.2, 0) is 0 Å². The highest BCUT2D eigenvalue weighted by Crippen LogP contribution is 2.20. The van der Waals surface area contributed by atoms with Gasteiger partial charge in [0.2, 0.25) is 0 Å². The van der Waals surface area contributed by atoms with Gasteiger partial charge in [0, 0.05) is 37.3 Å². The number of hydrogen-bond donors (Lipinski definition) is 0. The Bertz CT molecular complexity index is 1130. The molecule has 0 N–H and O–H groups in total. The van der Waals surface area contributed by atoms with Gasteiger partial charge >= 0.3 is 0 Å². The van der Waals surface area contributed by atoms with Gasteiger partial charge in [-0.15, -0.1) is 5.10 Å². The second-order valence-corrected chi connectivity index (χ2v) is 7.13. The smallest absolute Gasteiger partial charge is 0.253 e. The van der Waals surface area contributed by atoms with Gasteiger partial charge in [-0.25, -0.2) is 9.50 Å². The van der Waals surface area contributed by atoms with Crippen molar-refractivity contribution >= 4 is 17.4 Å². The molecule has 29 heavy (non-hydrogen) atoms. The van der Waals surface area contributed by atoms with Gasteiger partial charge in [-0.05, 0) is 24.3 Å². The van der Waals surface area contributed by atoms with Crippen molar-refractivity contribution < 1.29 is 4.79 Å². The van der Waals surface area contributed by atoms with Crippen molar-refractivity contribution in [3.63, 3.8) is 0 Å². The van der Waals surface area contributed by atoms with Crippen LogP contribution in [0.1, 0.15) is 10.4 Å². The average molecular weight is 383 g/mol. The zero-order valence-electron chi connectivity index (χ0n) is 16.0. The van der Waals surface area contributed by atoms with Crippen LogP contribution in [0.2, 0.25) is 0 Å². The SMILES string of the molecule is O=C(c1ccccc1)N1CCN(c2ccc3nc(-c4ccccc4)cn3n2)CC1. The van der Waals surface area contributed by atoms with Gasteiger partial charge in [0.1, 0.15) is 5.82 Å². The maximum atomic E-state index is 12.6. The standard InChI is InChI=1S/C23H21N5O/c29-23(19-9-5-2-6-10-19)27-15-13-26(14-16-27)22-12-11-21-24-20(17-28(21)25-22)18-7-3-1-4-8-18/h1-12,17H,13-16H2. The summed E-state index contributed by atoms with van der Waals surface area (Å²) < 4.78 is 1.83. The number of benzene rings is 2. The summed E-state index contributed by atoms with van der Waals surface area (Å²) in [4.78, 5) is 21.4. The van der Waals surface area contributed by atoms with E-state index in [1.54, 1.807) is 0 Å². The monoisotopic (exact) mass is 383 g/mol. The molecule has 1 amide bonds. The van der Waals surface area contributed by atoms with Crippen LogP contribution in [-0.4, -0.2) is 51.6 Å². The minimum Gasteiger partial charge on any atom is -0.352 e. The Morgan fingerprint density at radius 2 is 1.48 bits per heavy atom. The molecule has 0 atom stereocenters. The van der Waals surface area contributed by atoms with Gasteiger partial charge in [0.05, 0.1) is 11.9 Å². The first-order valence-electron chi connectivity index (χ1n) is 9.79. The summed E-state index contributed by atoms with van der Waals surface area (Å²) in [6, 6.07) is 23.6. The second kappa shape index (κ2) is 7.39. The summed E-state index contributed by atoms with van der Waals surface area (Å²) in [5.41, 5.74) is 3.55. The molecule has 1 aliphatic heterocycles. The van der Waals surface area contributed by atoms with Crippen LogP contribution in [0.3, 0.4) is 0 Å². The zero-order chi connectivity index (χ0) is 19.6. The topological polar surface area (TPSA) is 53.7 Å². The van der Waals surface area contributed by atoms with E-state index < -0.39 is 0 Å². The quantitative estimate of drug-likeness (QED) is 0.544. The van der Waals surface area contributed by atoms with Crippen molar-refractivity contribution in [2.75, 3.05) is 31.1 Å². The van der Waals surface area contributed by atoms with Gasteiger partial charge in [-0.2, -0.15) is 0 Å². The van der Waals surface area contributed by atoms with Crippen LogP contribution in [0.15, 0.2) is 79.0 Å². The van der Waals surface area contributed by atoms with E-state index in [-0.39, 0.29) is 5.91 Å². The molecule has 0 unspecified atom stereocenters. The van der Waals surface area contributed by atoms with Gasteiger partial charge in [-0.3, -0.25) is 4.79 Å². The predicted molar refractivity (Wildman–Crippen MR) is 113 cm³/mol. The first-order valence-corrected chi connectivity index (χ1v) is 9.79. The third kappa shape index (κ3) is 3.45. The molecule has 2 aromatic heterocycles. The van der Waals surface area contributed by atoms with Crippen LogP contribution >= 0.6 is 0 Å². The molecule has 0 aliphatic carbocycles. The Morgan fingerprint density at radius 3 is 2.21 bits per heavy atom. The maximum absolute atomic E-state index is 12.6. The fourth-order valence-electron chi connectivity index (χ4n) is 3.69. The highest BCUT2D eigenvalue weighted by molar-refractivity contribution is 5.94. The van der Waals surface area contributed by atoms with Crippen LogP contribution in [0, 0.1) is 0 Å². The largest absolute Gasteiger partial charge is 0.352 e. The van der Waals surface area contributed by atoms with Crippen LogP contribution in [0.25, 0.3) is 16.9 Å². The van der Waals surface area contributed by atoms with E-state index in [9.17, 15) is 4.79 Å². The van der Waals surface area contributed by atoms with Crippen LogP contribution in [0.4, 0.5) is 5.82 Å². The molecule has 0 bridgehead atoms. The molecule has 3 heterocycles. The number of imidazole rings is 1. The number of piperazine rings is 1. The summed E-state index contributed by atoms with van der Waals surface area (Å²) >= 11 is 0. The highest BCUT2D eigenvalue weighted by atomic mass is 16.2. The fourth-order valence-corrected chi connectivity index (χ4v) is 3.69. The minimum atomic E-state index is 0.0933. The lowest BCUT2D eigenvalue weighted by molar-refractivity contribution is 0.0746. The third-order valence-corrected chi connectivity index (χ3v) is 5.29. The first kappa shape index (κ1) is 17.4. The van der Waals surface area contributed by atoms with Crippen LogP contribution < -0.4 is 4.90 Å². The molecule has 5 rings (SSSR count). The summed E-state index contributed by atoms with van der Waals surface area (Å²) in [6.07, 6.45) is 1.96. The summed E-state index contributed by atoms with van der Waals surface area (Å²) in [5, 5.41) is 4.75. The molecular formula is C23H21N5O. The number of carbonyl (C=O) groups is 1. The van der Waals surface area contributed by atoms with Crippen LogP contribution in [0.5, 0.6) is 0 Å². The van der Waals surface area contributed by atoms with E-state index in [4.69, 9.17) is 5.10 Å². The number of fused-ring (bicyclic) bond motifs is 1. The normalized spacial score (nSPS) is 14.3. The lowest BCUT2D eigenvalue weighted by Crippen LogP contribution is -2.49. The highest BCUT2D eigenvalue weighted by Gasteiger charge is 2.23. The van der Waals surface area contributed by atoms with E-state index in [0.717, 1.165) is 41.4 Å². The molecule has 4 aromatic rings. The molecule has 144 valence electrons. The van der Waals surface area contributed by atoms with E-state index >= 15 is 0 Å². The Labute approximate surface area is 169 Å². The first-order chi connectivity index (χ1) is 14.3. The van der Waals surface area contributed by atoms with Crippen molar-refractivity contribution in [3.8, 4) is 11.3 Å². The lowest BCUT2D eigenvalue weighted by atomic mass is 10.2. The number of carbonyl (C=O) groups excluding carboxylic acids is 1. The van der Waals surface area contributed by atoms with E-state index in [0.29, 0.717) is 13.1 Å². The summed E-state index contributed by atoms with van der Waals surface area (Å²) in [6.45, 7) is 2.90. The number of aromatic nitrogens is 3. The van der Waals surface area contributed by atoms with Gasteiger partial charge < -0.3 is 9.80 Å². The minimum absolute atomic E-state index is 0.0933. The van der Waals surface area contributed by atoms with Crippen molar-refractivity contribution in [1.29, 1.82) is 0 Å². The number of amides is 1. The van der Waals surface area contributed by atoms with Gasteiger partial charge in [0.15, 0.2) is 5.65 Å². The Balaban J connectivity index is 1.31. The number of rotatable bonds is 3. The molecule has 2 aromatic carbocycles. The van der Waals surface area contributed by atoms with Gasteiger partial charge in [0.25, 0.3) is 5.91 Å². The second-order valence-electron chi connectivity index (χ2n) is 7.13. The third-order valence-electron chi connectivity index (χ3n) is 5.29. The van der Waals surface area contributed by atoms with E-state index in [1.807, 2.05) is 88.4 Å². The van der Waals surface area contributed by atoms with Crippen molar-refractivity contribution in [1.82, 2.24) is 19.5 Å². The Morgan fingerprint density at radius 1 is 0.793 bits per heavy atom. The predicted octanol–water partition coefficient (Wildman–Crippen LogP) is 3.36. The zero-order valence-corrected chi connectivity index (χ0v) is 16.0. The molecule has 6 nitrogen and oxygen atoms in total. The number of anilines is 1. The van der Waals surface area contributed by atoms with Crippen molar-refractivity contribution in [2.45, 2.75) is 0 Å². The molecular weight excluding hydrogens is 362 g/mol. The fraction of sp³-hybridized carbons (Fsp3) is 0.174. The van der Waals surface area contributed by atoms with Crippen molar-refractivity contribution in [3.05, 3.63) is 84.6 Å². The van der Waals surface area contributed by atoms with E-state index in [2.05, 4.69) is 9.88 Å². The Kier molecular flexibility index (Phi) is 4.44. The van der Waals surface area contributed by atoms with Crippen molar-refractivity contribution in [2.24, 2.45) is 0 Å². The molecule has 1 aliphatic rings. The molecule has 0 saturated carbocycles. The summed E-state index contributed by atoms with van der Waals surface area (Å²) in [7, 11) is 0. The number of hydrogen-bond acceptors (Lipinski definition) is 4. The van der Waals surface area contributed by atoms with Gasteiger partial charge in [-0.1, -0.05) is 48.5 Å². The Hall–Kier alpha value is -3.67. The molecule has 1 saturated heterocycles. The molecule has 1 fully saturated rings. The number of nitrogens with zero attached hydrogens (tertiary/aromatic N) is 5. The summed E-state index contributed by atoms with van der Waals surface area (Å²) in [5.74, 6) is 0.997. The maximum Gasteiger partial charge on any atom is 0.253 e. The molecule has 0 radical (unpaired) electrons. The average Bonchev–Trinajstić information content (AvgIpc) is 3.23. The lowest BCUT2D eigenvalue weighted by Gasteiger charge is -2.35. The molecule has 0 spiro atoms. The molecule has 6 heteroatoms.